The highest BCUT2D eigenvalue weighted by Crippen LogP contribution is 2.19. The van der Waals surface area contributed by atoms with Gasteiger partial charge in [-0.15, -0.1) is 0 Å². The number of non-ortho nitro benzene ring substituents is 1. The Hall–Kier alpha value is -2.70. The minimum Gasteiger partial charge on any atom is -0.417 e. The fraction of sp³-hybridized carbons (Fsp3) is 0.333. The van der Waals surface area contributed by atoms with Crippen molar-refractivity contribution in [1.29, 1.82) is 0 Å². The molecular weight excluding hydrogens is 288 g/mol. The fourth-order valence-electron chi connectivity index (χ4n) is 1.96. The number of hydrogen-bond acceptors (Lipinski definition) is 5. The number of nitrogens with zero attached hydrogens (tertiary/aromatic N) is 1. The van der Waals surface area contributed by atoms with Crippen molar-refractivity contribution >= 4 is 22.4 Å². The van der Waals surface area contributed by atoms with Gasteiger partial charge < -0.3 is 9.73 Å². The van der Waals surface area contributed by atoms with Crippen LogP contribution in [0.1, 0.15) is 30.8 Å². The van der Waals surface area contributed by atoms with E-state index < -0.39 is 16.5 Å². The largest absolute Gasteiger partial charge is 0.417 e. The maximum absolute atomic E-state index is 11.9. The van der Waals surface area contributed by atoms with Crippen LogP contribution in [0.3, 0.4) is 0 Å². The first-order chi connectivity index (χ1) is 10.4. The molecule has 0 atom stereocenters. The molecule has 0 aliphatic carbocycles. The molecule has 2 rings (SSSR count). The molecule has 0 aliphatic heterocycles. The Morgan fingerprint density at radius 2 is 2.09 bits per heavy atom. The first kappa shape index (κ1) is 15.7. The van der Waals surface area contributed by atoms with Crippen LogP contribution in [0.4, 0.5) is 5.69 Å². The lowest BCUT2D eigenvalue weighted by atomic mass is 10.1. The van der Waals surface area contributed by atoms with Crippen molar-refractivity contribution in [2.24, 2.45) is 5.92 Å². The summed E-state index contributed by atoms with van der Waals surface area (Å²) in [5, 5.41) is 13.9. The average Bonchev–Trinajstić information content (AvgIpc) is 2.46. The van der Waals surface area contributed by atoms with Crippen LogP contribution in [0, 0.1) is 16.0 Å². The molecular formula is C15H16N2O5. The van der Waals surface area contributed by atoms with Gasteiger partial charge in [-0.1, -0.05) is 13.8 Å². The maximum atomic E-state index is 11.9. The number of benzene rings is 1. The molecule has 1 amide bonds. The molecule has 0 radical (unpaired) electrons. The molecule has 0 spiro atoms. The van der Waals surface area contributed by atoms with Gasteiger partial charge in [0.05, 0.1) is 10.3 Å². The maximum Gasteiger partial charge on any atom is 0.344 e. The molecule has 116 valence electrons. The number of nitrogens with one attached hydrogen (secondary N) is 1. The standard InChI is InChI=1S/C15H16N2O5/c1-9(2)5-6-16-14(18)13-7-10-3-4-11(17(20)21)8-12(10)15(19)22-13/h3-4,7-9H,5-6H2,1-2H3,(H,16,18). The van der Waals surface area contributed by atoms with Gasteiger partial charge in [-0.25, -0.2) is 4.79 Å². The van der Waals surface area contributed by atoms with Crippen molar-refractivity contribution in [3.8, 4) is 0 Å². The van der Waals surface area contributed by atoms with Crippen LogP contribution in [0.15, 0.2) is 33.5 Å². The molecule has 1 N–H and O–H groups in total. The molecule has 0 fully saturated rings. The molecule has 1 heterocycles. The summed E-state index contributed by atoms with van der Waals surface area (Å²) in [6.45, 7) is 4.56. The van der Waals surface area contributed by atoms with Gasteiger partial charge in [0.15, 0.2) is 5.76 Å². The summed E-state index contributed by atoms with van der Waals surface area (Å²) in [4.78, 5) is 34.0. The van der Waals surface area contributed by atoms with Crippen molar-refractivity contribution in [1.82, 2.24) is 5.32 Å². The van der Waals surface area contributed by atoms with Crippen molar-refractivity contribution in [3.05, 3.63) is 50.6 Å². The third kappa shape index (κ3) is 3.49. The lowest BCUT2D eigenvalue weighted by Crippen LogP contribution is -2.26. The van der Waals surface area contributed by atoms with E-state index in [9.17, 15) is 19.7 Å². The van der Waals surface area contributed by atoms with Gasteiger partial charge in [0, 0.05) is 18.7 Å². The first-order valence-corrected chi connectivity index (χ1v) is 6.89. The van der Waals surface area contributed by atoms with E-state index in [1.807, 2.05) is 13.8 Å². The van der Waals surface area contributed by atoms with E-state index in [4.69, 9.17) is 4.42 Å². The van der Waals surface area contributed by atoms with Crippen LogP contribution in [0.25, 0.3) is 10.8 Å². The number of amides is 1. The topological polar surface area (TPSA) is 102 Å². The zero-order valence-electron chi connectivity index (χ0n) is 12.3. The SMILES string of the molecule is CC(C)CCNC(=O)c1cc2ccc([N+](=O)[O-])cc2c(=O)o1. The van der Waals surface area contributed by atoms with Crippen LogP contribution in [0.5, 0.6) is 0 Å². The zero-order valence-corrected chi connectivity index (χ0v) is 12.3. The molecule has 0 unspecified atom stereocenters. The predicted octanol–water partition coefficient (Wildman–Crippen LogP) is 2.48. The molecule has 0 aliphatic rings. The molecule has 1 aromatic heterocycles. The van der Waals surface area contributed by atoms with Crippen molar-refractivity contribution in [2.45, 2.75) is 20.3 Å². The summed E-state index contributed by atoms with van der Waals surface area (Å²) < 4.78 is 4.95. The lowest BCUT2D eigenvalue weighted by Gasteiger charge is -2.06. The number of hydrogen-bond donors (Lipinski definition) is 1. The predicted molar refractivity (Wildman–Crippen MR) is 80.9 cm³/mol. The van der Waals surface area contributed by atoms with Crippen molar-refractivity contribution in [3.63, 3.8) is 0 Å². The second kappa shape index (κ2) is 6.38. The van der Waals surface area contributed by atoms with Gasteiger partial charge in [-0.05, 0) is 29.9 Å². The van der Waals surface area contributed by atoms with Gasteiger partial charge in [-0.3, -0.25) is 14.9 Å². The van der Waals surface area contributed by atoms with Gasteiger partial charge in [0.25, 0.3) is 11.6 Å². The Labute approximate surface area is 126 Å². The fourth-order valence-corrected chi connectivity index (χ4v) is 1.96. The molecule has 2 aromatic rings. The highest BCUT2D eigenvalue weighted by molar-refractivity contribution is 5.95. The zero-order chi connectivity index (χ0) is 16.3. The van der Waals surface area contributed by atoms with Gasteiger partial charge in [0.2, 0.25) is 0 Å². The normalized spacial score (nSPS) is 10.9. The average molecular weight is 304 g/mol. The van der Waals surface area contributed by atoms with Gasteiger partial charge in [-0.2, -0.15) is 0 Å². The van der Waals surface area contributed by atoms with Crippen molar-refractivity contribution in [2.75, 3.05) is 6.54 Å². The number of nitro groups is 1. The Morgan fingerprint density at radius 3 is 2.73 bits per heavy atom. The summed E-state index contributed by atoms with van der Waals surface area (Å²) >= 11 is 0. The summed E-state index contributed by atoms with van der Waals surface area (Å²) in [6.07, 6.45) is 0.815. The number of carbonyl (C=O) groups is 1. The van der Waals surface area contributed by atoms with Gasteiger partial charge in [0.1, 0.15) is 0 Å². The number of rotatable bonds is 5. The molecule has 0 saturated carbocycles. The second-order valence-electron chi connectivity index (χ2n) is 5.37. The molecule has 7 heteroatoms. The lowest BCUT2D eigenvalue weighted by molar-refractivity contribution is -0.384. The van der Waals surface area contributed by atoms with E-state index in [1.54, 1.807) is 0 Å². The highest BCUT2D eigenvalue weighted by Gasteiger charge is 2.14. The highest BCUT2D eigenvalue weighted by atomic mass is 16.6. The number of nitro benzene ring substituents is 1. The quantitative estimate of drug-likeness (QED) is 0.675. The third-order valence-corrected chi connectivity index (χ3v) is 3.19. The Kier molecular flexibility index (Phi) is 4.55. The monoisotopic (exact) mass is 304 g/mol. The van der Waals surface area contributed by atoms with E-state index in [2.05, 4.69) is 5.32 Å². The van der Waals surface area contributed by atoms with E-state index in [0.29, 0.717) is 17.8 Å². The van der Waals surface area contributed by atoms with Crippen LogP contribution >= 0.6 is 0 Å². The first-order valence-electron chi connectivity index (χ1n) is 6.89. The minimum atomic E-state index is -0.768. The number of carbonyl (C=O) groups excluding carboxylic acids is 1. The second-order valence-corrected chi connectivity index (χ2v) is 5.37. The summed E-state index contributed by atoms with van der Waals surface area (Å²) in [7, 11) is 0. The molecule has 22 heavy (non-hydrogen) atoms. The Balaban J connectivity index is 2.30. The van der Waals surface area contributed by atoms with E-state index in [-0.39, 0.29) is 16.8 Å². The number of fused-ring (bicyclic) bond motifs is 1. The summed E-state index contributed by atoms with van der Waals surface area (Å²) in [6, 6.07) is 5.25. The van der Waals surface area contributed by atoms with E-state index in [1.165, 1.54) is 18.2 Å². The molecule has 1 aromatic carbocycles. The molecule has 0 saturated heterocycles. The third-order valence-electron chi connectivity index (χ3n) is 3.19. The smallest absolute Gasteiger partial charge is 0.344 e. The Morgan fingerprint density at radius 1 is 1.36 bits per heavy atom. The molecule has 0 bridgehead atoms. The minimum absolute atomic E-state index is 0.0768. The van der Waals surface area contributed by atoms with E-state index in [0.717, 1.165) is 12.5 Å². The van der Waals surface area contributed by atoms with Gasteiger partial charge >= 0.3 is 5.63 Å². The Bertz CT molecular complexity index is 779. The van der Waals surface area contributed by atoms with Crippen LogP contribution in [0.2, 0.25) is 0 Å². The van der Waals surface area contributed by atoms with Crippen molar-refractivity contribution < 1.29 is 14.1 Å². The van der Waals surface area contributed by atoms with Crippen LogP contribution < -0.4 is 10.9 Å². The van der Waals surface area contributed by atoms with Crippen LogP contribution in [-0.4, -0.2) is 17.4 Å². The van der Waals surface area contributed by atoms with Crippen LogP contribution in [-0.2, 0) is 0 Å². The molecule has 7 nitrogen and oxygen atoms in total. The summed E-state index contributed by atoms with van der Waals surface area (Å²) in [5.74, 6) is -0.127. The van der Waals surface area contributed by atoms with E-state index >= 15 is 0 Å². The summed E-state index contributed by atoms with van der Waals surface area (Å²) in [5.41, 5.74) is -0.968.